The van der Waals surface area contributed by atoms with E-state index >= 15 is 0 Å². The molecule has 0 spiro atoms. The van der Waals surface area contributed by atoms with Crippen molar-refractivity contribution in [1.82, 2.24) is 10.6 Å². The molecule has 3 N–H and O–H groups in total. The van der Waals surface area contributed by atoms with E-state index in [9.17, 15) is 19.2 Å². The second-order valence-corrected chi connectivity index (χ2v) is 7.77. The minimum atomic E-state index is -0.876. The topological polar surface area (TPSA) is 123 Å². The van der Waals surface area contributed by atoms with Gasteiger partial charge in [0.2, 0.25) is 0 Å². The van der Waals surface area contributed by atoms with Crippen LogP contribution >= 0.6 is 15.9 Å². The van der Waals surface area contributed by atoms with Gasteiger partial charge in [0.1, 0.15) is 5.57 Å². The average molecular weight is 502 g/mol. The average Bonchev–Trinajstić information content (AvgIpc) is 2.72. The number of barbiturate groups is 1. The summed E-state index contributed by atoms with van der Waals surface area (Å²) in [5, 5.41) is 6.82. The van der Waals surface area contributed by atoms with Gasteiger partial charge in [0.15, 0.2) is 18.1 Å². The molecule has 1 aliphatic heterocycles. The molecule has 1 fully saturated rings. The molecule has 0 saturated carbocycles. The molecule has 1 heterocycles. The number of ether oxygens (including phenoxy) is 2. The molecule has 2 aromatic rings. The Kier molecular flexibility index (Phi) is 6.94. The molecule has 0 aromatic heterocycles. The minimum absolute atomic E-state index is 0.236. The number of rotatable bonds is 6. The van der Waals surface area contributed by atoms with Gasteiger partial charge in [0.05, 0.1) is 11.6 Å². The van der Waals surface area contributed by atoms with E-state index in [1.807, 2.05) is 42.7 Å². The summed E-state index contributed by atoms with van der Waals surface area (Å²) in [4.78, 5) is 47.4. The Balaban J connectivity index is 1.77. The van der Waals surface area contributed by atoms with Crippen LogP contribution in [-0.4, -0.2) is 37.5 Å². The number of halogens is 1. The van der Waals surface area contributed by atoms with Crippen LogP contribution in [0.1, 0.15) is 16.7 Å². The van der Waals surface area contributed by atoms with Crippen LogP contribution in [0.4, 0.5) is 10.5 Å². The van der Waals surface area contributed by atoms with Crippen LogP contribution in [0.25, 0.3) is 6.08 Å². The van der Waals surface area contributed by atoms with Gasteiger partial charge < -0.3 is 14.8 Å². The van der Waals surface area contributed by atoms with Gasteiger partial charge in [-0.3, -0.25) is 25.0 Å². The third kappa shape index (κ3) is 5.14. The lowest BCUT2D eigenvalue weighted by molar-refractivity contribution is -0.124. The van der Waals surface area contributed by atoms with Crippen molar-refractivity contribution in [2.75, 3.05) is 19.0 Å². The number of aryl methyl sites for hydroxylation is 1. The third-order valence-electron chi connectivity index (χ3n) is 4.73. The van der Waals surface area contributed by atoms with Crippen LogP contribution in [0, 0.1) is 13.8 Å². The minimum Gasteiger partial charge on any atom is -0.493 e. The third-order valence-corrected chi connectivity index (χ3v) is 5.32. The fourth-order valence-corrected chi connectivity index (χ4v) is 3.52. The summed E-state index contributed by atoms with van der Waals surface area (Å²) in [6, 6.07) is 7.87. The highest BCUT2D eigenvalue weighted by Crippen LogP contribution is 2.37. The van der Waals surface area contributed by atoms with Crippen LogP contribution in [0.2, 0.25) is 0 Å². The second-order valence-electron chi connectivity index (χ2n) is 6.91. The SMILES string of the molecule is COc1cc(C=C2C(=O)NC(=O)NC2=O)cc(Br)c1OCC(=O)Nc1cccc(C)c1C. The van der Waals surface area contributed by atoms with E-state index in [0.29, 0.717) is 15.7 Å². The molecule has 9 nitrogen and oxygen atoms in total. The molecule has 1 saturated heterocycles. The molecule has 166 valence electrons. The highest BCUT2D eigenvalue weighted by atomic mass is 79.9. The summed E-state index contributed by atoms with van der Waals surface area (Å²) in [6.45, 7) is 3.61. The van der Waals surface area contributed by atoms with Gasteiger partial charge in [0, 0.05) is 5.69 Å². The second kappa shape index (κ2) is 9.65. The molecule has 1 aliphatic rings. The lowest BCUT2D eigenvalue weighted by Gasteiger charge is -2.16. The van der Waals surface area contributed by atoms with E-state index in [1.54, 1.807) is 6.07 Å². The maximum Gasteiger partial charge on any atom is 0.328 e. The fraction of sp³-hybridized carbons (Fsp3) is 0.182. The number of urea groups is 1. The van der Waals surface area contributed by atoms with E-state index < -0.39 is 17.8 Å². The van der Waals surface area contributed by atoms with Gasteiger partial charge in [-0.1, -0.05) is 12.1 Å². The number of hydrogen-bond donors (Lipinski definition) is 3. The van der Waals surface area contributed by atoms with Crippen molar-refractivity contribution in [3.8, 4) is 11.5 Å². The van der Waals surface area contributed by atoms with Crippen LogP contribution < -0.4 is 25.4 Å². The molecule has 3 rings (SSSR count). The van der Waals surface area contributed by atoms with E-state index in [2.05, 4.69) is 21.2 Å². The van der Waals surface area contributed by atoms with E-state index in [0.717, 1.165) is 11.1 Å². The Morgan fingerprint density at radius 2 is 1.81 bits per heavy atom. The Morgan fingerprint density at radius 3 is 2.47 bits per heavy atom. The molecule has 0 aliphatic carbocycles. The summed E-state index contributed by atoms with van der Waals surface area (Å²) in [6.07, 6.45) is 1.31. The summed E-state index contributed by atoms with van der Waals surface area (Å²) in [5.41, 5.74) is 2.93. The zero-order valence-electron chi connectivity index (χ0n) is 17.5. The number of nitrogens with one attached hydrogen (secondary N) is 3. The van der Waals surface area contributed by atoms with Gasteiger partial charge in [-0.05, 0) is 70.7 Å². The zero-order valence-corrected chi connectivity index (χ0v) is 19.1. The molecule has 0 radical (unpaired) electrons. The molecular weight excluding hydrogens is 482 g/mol. The molecule has 5 amide bonds. The first-order chi connectivity index (χ1) is 15.2. The molecule has 10 heteroatoms. The summed E-state index contributed by atoms with van der Waals surface area (Å²) >= 11 is 3.36. The van der Waals surface area contributed by atoms with Gasteiger partial charge >= 0.3 is 6.03 Å². The van der Waals surface area contributed by atoms with Crippen LogP contribution in [0.15, 0.2) is 40.4 Å². The van der Waals surface area contributed by atoms with Gasteiger partial charge in [-0.25, -0.2) is 4.79 Å². The lowest BCUT2D eigenvalue weighted by Crippen LogP contribution is -2.51. The van der Waals surface area contributed by atoms with E-state index in [1.165, 1.54) is 19.3 Å². The number of benzene rings is 2. The van der Waals surface area contributed by atoms with E-state index in [-0.39, 0.29) is 29.6 Å². The quantitative estimate of drug-likeness (QED) is 0.413. The van der Waals surface area contributed by atoms with Crippen molar-refractivity contribution >= 4 is 51.4 Å². The first-order valence-corrected chi connectivity index (χ1v) is 10.2. The fourth-order valence-electron chi connectivity index (χ4n) is 2.95. The smallest absolute Gasteiger partial charge is 0.328 e. The predicted molar refractivity (Wildman–Crippen MR) is 120 cm³/mol. The van der Waals surface area contributed by atoms with Crippen molar-refractivity contribution in [3.63, 3.8) is 0 Å². The Morgan fingerprint density at radius 1 is 1.12 bits per heavy atom. The normalized spacial score (nSPS) is 13.2. The van der Waals surface area contributed by atoms with Crippen LogP contribution in [0.5, 0.6) is 11.5 Å². The molecule has 0 bridgehead atoms. The maximum absolute atomic E-state index is 12.4. The van der Waals surface area contributed by atoms with Crippen molar-refractivity contribution in [2.45, 2.75) is 13.8 Å². The Hall–Kier alpha value is -3.66. The molecule has 0 unspecified atom stereocenters. The zero-order chi connectivity index (χ0) is 23.4. The number of imide groups is 2. The van der Waals surface area contributed by atoms with Crippen molar-refractivity contribution in [1.29, 1.82) is 0 Å². The van der Waals surface area contributed by atoms with Crippen molar-refractivity contribution < 1.29 is 28.7 Å². The monoisotopic (exact) mass is 501 g/mol. The first-order valence-electron chi connectivity index (χ1n) is 9.44. The molecule has 0 atom stereocenters. The number of methoxy groups -OCH3 is 1. The molecule has 2 aromatic carbocycles. The number of anilines is 1. The lowest BCUT2D eigenvalue weighted by atomic mass is 10.1. The van der Waals surface area contributed by atoms with Crippen molar-refractivity contribution in [3.05, 3.63) is 57.1 Å². The van der Waals surface area contributed by atoms with Gasteiger partial charge in [0.25, 0.3) is 17.7 Å². The predicted octanol–water partition coefficient (Wildman–Crippen LogP) is 2.84. The van der Waals surface area contributed by atoms with Crippen LogP contribution in [-0.2, 0) is 14.4 Å². The highest BCUT2D eigenvalue weighted by Gasteiger charge is 2.28. The highest BCUT2D eigenvalue weighted by molar-refractivity contribution is 9.10. The molecular formula is C22H20BrN3O6. The first kappa shape index (κ1) is 23.0. The van der Waals surface area contributed by atoms with Gasteiger partial charge in [-0.2, -0.15) is 0 Å². The maximum atomic E-state index is 12.4. The summed E-state index contributed by atoms with van der Waals surface area (Å²) < 4.78 is 11.4. The standard InChI is InChI=1S/C22H20BrN3O6/c1-11-5-4-6-16(12(11)2)24-18(27)10-32-19-15(23)8-13(9-17(19)31-3)7-14-20(28)25-22(30)26-21(14)29/h4-9H,10H2,1-3H3,(H,24,27)(H2,25,26,28,29,30). The Bertz CT molecular complexity index is 1140. The van der Waals surface area contributed by atoms with Crippen LogP contribution in [0.3, 0.4) is 0 Å². The largest absolute Gasteiger partial charge is 0.493 e. The number of amides is 5. The molecule has 32 heavy (non-hydrogen) atoms. The number of carbonyl (C=O) groups excluding carboxylic acids is 4. The Labute approximate surface area is 192 Å². The van der Waals surface area contributed by atoms with Crippen molar-refractivity contribution in [2.24, 2.45) is 0 Å². The van der Waals surface area contributed by atoms with E-state index in [4.69, 9.17) is 9.47 Å². The van der Waals surface area contributed by atoms with Gasteiger partial charge in [-0.15, -0.1) is 0 Å². The summed E-state index contributed by atoms with van der Waals surface area (Å²) in [7, 11) is 1.42. The number of carbonyl (C=O) groups is 4. The number of hydrogen-bond acceptors (Lipinski definition) is 6. The summed E-state index contributed by atoms with van der Waals surface area (Å²) in [5.74, 6) is -1.41.